The number of carbonyl (C=O) groups excluding carboxylic acids is 2. The number of hydrogen-bond acceptors (Lipinski definition) is 4. The number of amides is 2. The summed E-state index contributed by atoms with van der Waals surface area (Å²) in [5.74, 6) is 1.11. The summed E-state index contributed by atoms with van der Waals surface area (Å²) in [6.45, 7) is 0.615. The molecule has 0 aromatic heterocycles. The van der Waals surface area contributed by atoms with Crippen molar-refractivity contribution < 1.29 is 19.1 Å². The topological polar surface area (TPSA) is 67.9 Å². The van der Waals surface area contributed by atoms with Gasteiger partial charge >= 0.3 is 0 Å². The number of nitrogens with one attached hydrogen (secondary N) is 1. The van der Waals surface area contributed by atoms with Crippen LogP contribution >= 0.6 is 11.6 Å². The minimum Gasteiger partial charge on any atom is -0.497 e. The van der Waals surface area contributed by atoms with Gasteiger partial charge in [-0.25, -0.2) is 0 Å². The lowest BCUT2D eigenvalue weighted by molar-refractivity contribution is -0.141. The van der Waals surface area contributed by atoms with Gasteiger partial charge in [-0.1, -0.05) is 60.1 Å². The minimum absolute atomic E-state index is 0.132. The Morgan fingerprint density at radius 3 is 2.26 bits per heavy atom. The van der Waals surface area contributed by atoms with E-state index in [9.17, 15) is 9.59 Å². The molecular weight excluding hydrogens is 464 g/mol. The summed E-state index contributed by atoms with van der Waals surface area (Å²) >= 11 is 6.40. The zero-order chi connectivity index (χ0) is 25.0. The third kappa shape index (κ3) is 7.76. The highest BCUT2D eigenvalue weighted by Gasteiger charge is 2.29. The first-order chi connectivity index (χ1) is 17.0. The second-order valence-corrected chi connectivity index (χ2v) is 8.47. The Hall–Kier alpha value is -3.51. The Morgan fingerprint density at radius 1 is 0.943 bits per heavy atom. The molecule has 7 heteroatoms. The first-order valence-electron chi connectivity index (χ1n) is 11.6. The van der Waals surface area contributed by atoms with E-state index in [1.807, 2.05) is 72.8 Å². The van der Waals surface area contributed by atoms with Crippen LogP contribution in [-0.2, 0) is 22.6 Å². The summed E-state index contributed by atoms with van der Waals surface area (Å²) in [7, 11) is 3.20. The van der Waals surface area contributed by atoms with E-state index < -0.39 is 6.04 Å². The van der Waals surface area contributed by atoms with Crippen LogP contribution < -0.4 is 14.8 Å². The molecule has 3 rings (SSSR count). The molecule has 0 bridgehead atoms. The molecule has 0 heterocycles. The maximum atomic E-state index is 13.4. The van der Waals surface area contributed by atoms with E-state index in [-0.39, 0.29) is 24.8 Å². The number of methoxy groups -OCH3 is 1. The number of nitrogens with zero attached hydrogens (tertiary/aromatic N) is 1. The van der Waals surface area contributed by atoms with Crippen LogP contribution in [0.5, 0.6) is 11.5 Å². The average Bonchev–Trinajstić information content (AvgIpc) is 2.90. The Labute approximate surface area is 211 Å². The van der Waals surface area contributed by atoms with Crippen molar-refractivity contribution in [2.24, 2.45) is 0 Å². The van der Waals surface area contributed by atoms with Gasteiger partial charge in [0, 0.05) is 31.5 Å². The van der Waals surface area contributed by atoms with Gasteiger partial charge in [0.2, 0.25) is 11.8 Å². The van der Waals surface area contributed by atoms with Crippen LogP contribution in [0.1, 0.15) is 24.0 Å². The number of halogens is 1. The molecule has 1 N–H and O–H groups in total. The largest absolute Gasteiger partial charge is 0.497 e. The van der Waals surface area contributed by atoms with Gasteiger partial charge in [-0.15, -0.1) is 0 Å². The molecule has 2 amide bonds. The number of likely N-dealkylation sites (N-methyl/N-ethyl adjacent to an activating group) is 1. The number of hydrogen-bond donors (Lipinski definition) is 1. The zero-order valence-corrected chi connectivity index (χ0v) is 20.8. The van der Waals surface area contributed by atoms with E-state index >= 15 is 0 Å². The summed E-state index contributed by atoms with van der Waals surface area (Å²) in [6.07, 6.45) is 1.15. The van der Waals surface area contributed by atoms with Crippen LogP contribution in [0.3, 0.4) is 0 Å². The second-order valence-electron chi connectivity index (χ2n) is 8.06. The van der Waals surface area contributed by atoms with E-state index in [0.29, 0.717) is 30.2 Å². The van der Waals surface area contributed by atoms with Crippen molar-refractivity contribution in [2.75, 3.05) is 20.8 Å². The average molecular weight is 495 g/mol. The van der Waals surface area contributed by atoms with Crippen LogP contribution in [-0.4, -0.2) is 43.5 Å². The summed E-state index contributed by atoms with van der Waals surface area (Å²) in [5, 5.41) is 3.28. The Balaban J connectivity index is 1.73. The lowest BCUT2D eigenvalue weighted by atomic mass is 10.0. The summed E-state index contributed by atoms with van der Waals surface area (Å²) in [4.78, 5) is 28.0. The Kier molecular flexibility index (Phi) is 9.99. The highest BCUT2D eigenvalue weighted by Crippen LogP contribution is 2.22. The molecule has 0 aliphatic carbocycles. The predicted octanol–water partition coefficient (Wildman–Crippen LogP) is 4.89. The smallest absolute Gasteiger partial charge is 0.242 e. The lowest BCUT2D eigenvalue weighted by Gasteiger charge is -2.31. The standard InChI is InChI=1S/C28H31ClN2O4/c1-30-28(33)26(19-21-9-4-3-5-10-21)31(20-22-11-6-7-12-25(22)29)27(32)13-8-18-35-24-16-14-23(34-2)15-17-24/h3-7,9-12,14-17,26H,8,13,18-20H2,1-2H3,(H,30,33)/t26-/m0/s1. The monoisotopic (exact) mass is 494 g/mol. The summed E-state index contributed by atoms with van der Waals surface area (Å²) in [6, 6.07) is 23.7. The molecule has 0 unspecified atom stereocenters. The van der Waals surface area contributed by atoms with Crippen LogP contribution in [0.4, 0.5) is 0 Å². The third-order valence-corrected chi connectivity index (χ3v) is 6.05. The Bertz CT molecular complexity index is 1090. The predicted molar refractivity (Wildman–Crippen MR) is 138 cm³/mol. The van der Waals surface area contributed by atoms with Crippen LogP contribution in [0.25, 0.3) is 0 Å². The maximum Gasteiger partial charge on any atom is 0.242 e. The molecule has 0 spiro atoms. The number of benzene rings is 3. The van der Waals surface area contributed by atoms with Gasteiger partial charge in [0.05, 0.1) is 13.7 Å². The van der Waals surface area contributed by atoms with Crippen molar-refractivity contribution in [1.29, 1.82) is 0 Å². The van der Waals surface area contributed by atoms with Gasteiger partial charge in [0.25, 0.3) is 0 Å². The summed E-state index contributed by atoms with van der Waals surface area (Å²) < 4.78 is 10.9. The number of carbonyl (C=O) groups is 2. The fourth-order valence-corrected chi connectivity index (χ4v) is 3.96. The maximum absolute atomic E-state index is 13.4. The molecule has 3 aromatic rings. The molecule has 35 heavy (non-hydrogen) atoms. The van der Waals surface area contributed by atoms with E-state index in [0.717, 1.165) is 16.9 Å². The second kappa shape index (κ2) is 13.4. The molecule has 0 aliphatic rings. The van der Waals surface area contributed by atoms with Gasteiger partial charge in [0.1, 0.15) is 17.5 Å². The first kappa shape index (κ1) is 26.1. The van der Waals surface area contributed by atoms with Crippen molar-refractivity contribution >= 4 is 23.4 Å². The quantitative estimate of drug-likeness (QED) is 0.364. The molecule has 6 nitrogen and oxygen atoms in total. The van der Waals surface area contributed by atoms with Crippen LogP contribution in [0.15, 0.2) is 78.9 Å². The molecule has 184 valence electrons. The van der Waals surface area contributed by atoms with Gasteiger partial charge in [-0.2, -0.15) is 0 Å². The van der Waals surface area contributed by atoms with Crippen molar-refractivity contribution in [2.45, 2.75) is 31.8 Å². The highest BCUT2D eigenvalue weighted by atomic mass is 35.5. The minimum atomic E-state index is -0.673. The number of rotatable bonds is 12. The van der Waals surface area contributed by atoms with Gasteiger partial charge in [-0.05, 0) is 47.9 Å². The van der Waals surface area contributed by atoms with E-state index in [4.69, 9.17) is 21.1 Å². The Morgan fingerprint density at radius 2 is 1.60 bits per heavy atom. The van der Waals surface area contributed by atoms with E-state index in [1.54, 1.807) is 25.1 Å². The third-order valence-electron chi connectivity index (χ3n) is 5.68. The number of ether oxygens (including phenoxy) is 2. The van der Waals surface area contributed by atoms with Crippen molar-refractivity contribution in [1.82, 2.24) is 10.2 Å². The highest BCUT2D eigenvalue weighted by molar-refractivity contribution is 6.31. The molecular formula is C28H31ClN2O4. The molecule has 0 saturated carbocycles. The molecule has 3 aromatic carbocycles. The van der Waals surface area contributed by atoms with Crippen molar-refractivity contribution in [3.8, 4) is 11.5 Å². The van der Waals surface area contributed by atoms with Crippen LogP contribution in [0.2, 0.25) is 5.02 Å². The molecule has 0 radical (unpaired) electrons. The van der Waals surface area contributed by atoms with Gasteiger partial charge in [-0.3, -0.25) is 9.59 Å². The van der Waals surface area contributed by atoms with Gasteiger partial charge < -0.3 is 19.7 Å². The SMILES string of the molecule is CNC(=O)[C@H](Cc1ccccc1)N(Cc1ccccc1Cl)C(=O)CCCOc1ccc(OC)cc1. The van der Waals surface area contributed by atoms with Crippen LogP contribution in [0, 0.1) is 0 Å². The molecule has 0 saturated heterocycles. The molecule has 1 atom stereocenters. The molecule has 0 aliphatic heterocycles. The van der Waals surface area contributed by atoms with E-state index in [1.165, 1.54) is 0 Å². The normalized spacial score (nSPS) is 11.4. The van der Waals surface area contributed by atoms with E-state index in [2.05, 4.69) is 5.32 Å². The van der Waals surface area contributed by atoms with Gasteiger partial charge in [0.15, 0.2) is 0 Å². The lowest BCUT2D eigenvalue weighted by Crippen LogP contribution is -2.49. The van der Waals surface area contributed by atoms with Crippen molar-refractivity contribution in [3.63, 3.8) is 0 Å². The van der Waals surface area contributed by atoms with Crippen molar-refractivity contribution in [3.05, 3.63) is 95.0 Å². The first-order valence-corrected chi connectivity index (χ1v) is 11.9. The fourth-order valence-electron chi connectivity index (χ4n) is 3.76. The summed E-state index contributed by atoms with van der Waals surface area (Å²) in [5.41, 5.74) is 1.76. The fraction of sp³-hybridized carbons (Fsp3) is 0.286. The molecule has 0 fully saturated rings. The zero-order valence-electron chi connectivity index (χ0n) is 20.1.